The maximum atomic E-state index is 13.6. The van der Waals surface area contributed by atoms with E-state index in [-0.39, 0.29) is 17.2 Å². The Kier molecular flexibility index (Phi) is 7.24. The van der Waals surface area contributed by atoms with Gasteiger partial charge in [-0.1, -0.05) is 48.5 Å². The van der Waals surface area contributed by atoms with Gasteiger partial charge in [0.1, 0.15) is 11.6 Å². The first kappa shape index (κ1) is 29.1. The van der Waals surface area contributed by atoms with Crippen molar-refractivity contribution in [3.05, 3.63) is 144 Å². The number of benzene rings is 6. The van der Waals surface area contributed by atoms with E-state index in [1.54, 1.807) is 42.5 Å². The van der Waals surface area contributed by atoms with Crippen LogP contribution in [0, 0.1) is 11.6 Å². The molecule has 0 unspecified atom stereocenters. The van der Waals surface area contributed by atoms with Crippen molar-refractivity contribution in [1.82, 2.24) is 0 Å². The zero-order chi connectivity index (χ0) is 31.2. The van der Waals surface area contributed by atoms with Crippen LogP contribution >= 0.6 is 0 Å². The predicted molar refractivity (Wildman–Crippen MR) is 156 cm³/mol. The normalized spacial score (nSPS) is 12.1. The van der Waals surface area contributed by atoms with Crippen molar-refractivity contribution >= 4 is 10.8 Å². The maximum absolute atomic E-state index is 13.6. The summed E-state index contributed by atoms with van der Waals surface area (Å²) in [5.41, 5.74) is 1.69. The van der Waals surface area contributed by atoms with Gasteiger partial charge in [0.2, 0.25) is 0 Å². The molecule has 0 atom stereocenters. The quantitative estimate of drug-likeness (QED) is 0.176. The zero-order valence-electron chi connectivity index (χ0n) is 22.6. The Morgan fingerprint density at radius 2 is 0.636 bits per heavy atom. The van der Waals surface area contributed by atoms with E-state index in [1.807, 2.05) is 30.3 Å². The lowest BCUT2D eigenvalue weighted by molar-refractivity contribution is -0.143. The van der Waals surface area contributed by atoms with Gasteiger partial charge >= 0.3 is 12.4 Å². The van der Waals surface area contributed by atoms with Gasteiger partial charge in [0.25, 0.3) is 0 Å². The van der Waals surface area contributed by atoms with Crippen molar-refractivity contribution in [1.29, 1.82) is 0 Å². The SMILES string of the molecule is Fc1ccc(-c2cc(-c3ccc(F)cc3)cc(-c3ccc4ccc(-c5cc(C(F)(F)F)cc(C(F)(F)F)c5)cc4c3)c2)cc1. The van der Waals surface area contributed by atoms with Crippen LogP contribution in [0.2, 0.25) is 0 Å². The summed E-state index contributed by atoms with van der Waals surface area (Å²) in [5.74, 6) is -0.783. The van der Waals surface area contributed by atoms with E-state index >= 15 is 0 Å². The fourth-order valence-corrected chi connectivity index (χ4v) is 5.14. The molecule has 0 saturated carbocycles. The lowest BCUT2D eigenvalue weighted by Crippen LogP contribution is -2.11. The van der Waals surface area contributed by atoms with Gasteiger partial charge in [-0.15, -0.1) is 0 Å². The first-order valence-electron chi connectivity index (χ1n) is 13.3. The van der Waals surface area contributed by atoms with Gasteiger partial charge in [0.15, 0.2) is 0 Å². The van der Waals surface area contributed by atoms with E-state index in [4.69, 9.17) is 0 Å². The van der Waals surface area contributed by atoms with Gasteiger partial charge in [-0.3, -0.25) is 0 Å². The first-order chi connectivity index (χ1) is 20.8. The molecule has 0 aliphatic heterocycles. The smallest absolute Gasteiger partial charge is 0.207 e. The maximum Gasteiger partial charge on any atom is 0.416 e. The second kappa shape index (κ2) is 10.9. The zero-order valence-corrected chi connectivity index (χ0v) is 22.6. The van der Waals surface area contributed by atoms with Crippen LogP contribution in [0.1, 0.15) is 11.1 Å². The summed E-state index contributed by atoms with van der Waals surface area (Å²) < 4.78 is 108. The highest BCUT2D eigenvalue weighted by Crippen LogP contribution is 2.40. The van der Waals surface area contributed by atoms with Gasteiger partial charge in [-0.2, -0.15) is 26.3 Å². The molecule has 0 fully saturated rings. The molecule has 220 valence electrons. The number of alkyl halides is 6. The van der Waals surface area contributed by atoms with Crippen LogP contribution in [0.5, 0.6) is 0 Å². The average Bonchev–Trinajstić information content (AvgIpc) is 3.00. The highest BCUT2D eigenvalue weighted by atomic mass is 19.4. The molecule has 0 N–H and O–H groups in total. The van der Waals surface area contributed by atoms with Gasteiger partial charge < -0.3 is 0 Å². The van der Waals surface area contributed by atoms with E-state index in [9.17, 15) is 35.1 Å². The fourth-order valence-electron chi connectivity index (χ4n) is 5.14. The highest BCUT2D eigenvalue weighted by molar-refractivity contribution is 5.92. The molecule has 8 heteroatoms. The summed E-state index contributed by atoms with van der Waals surface area (Å²) in [4.78, 5) is 0. The van der Waals surface area contributed by atoms with Crippen LogP contribution in [0.4, 0.5) is 35.1 Å². The van der Waals surface area contributed by atoms with E-state index in [0.29, 0.717) is 17.5 Å². The van der Waals surface area contributed by atoms with Crippen LogP contribution in [-0.2, 0) is 12.4 Å². The summed E-state index contributed by atoms with van der Waals surface area (Å²) in [6.45, 7) is 0. The molecule has 0 amide bonds. The Morgan fingerprint density at radius 1 is 0.295 bits per heavy atom. The Bertz CT molecular complexity index is 1890. The minimum Gasteiger partial charge on any atom is -0.207 e. The van der Waals surface area contributed by atoms with Crippen molar-refractivity contribution < 1.29 is 35.1 Å². The Morgan fingerprint density at radius 3 is 1.02 bits per heavy atom. The Labute approximate surface area is 246 Å². The molecular weight excluding hydrogens is 584 g/mol. The molecule has 0 spiro atoms. The van der Waals surface area contributed by atoms with E-state index in [0.717, 1.165) is 38.8 Å². The number of hydrogen-bond donors (Lipinski definition) is 0. The topological polar surface area (TPSA) is 0 Å². The molecule has 0 nitrogen and oxygen atoms in total. The molecule has 44 heavy (non-hydrogen) atoms. The third-order valence-electron chi connectivity index (χ3n) is 7.38. The largest absolute Gasteiger partial charge is 0.416 e. The van der Waals surface area contributed by atoms with Crippen LogP contribution in [0.15, 0.2) is 121 Å². The second-order valence-electron chi connectivity index (χ2n) is 10.4. The molecule has 0 radical (unpaired) electrons. The number of rotatable bonds is 4. The Balaban J connectivity index is 1.49. The molecule has 6 aromatic carbocycles. The molecule has 0 aromatic heterocycles. The highest BCUT2D eigenvalue weighted by Gasteiger charge is 2.37. The van der Waals surface area contributed by atoms with E-state index in [1.165, 1.54) is 30.3 Å². The van der Waals surface area contributed by atoms with Gasteiger partial charge in [0.05, 0.1) is 11.1 Å². The van der Waals surface area contributed by atoms with Crippen molar-refractivity contribution in [2.24, 2.45) is 0 Å². The summed E-state index contributed by atoms with van der Waals surface area (Å²) in [6, 6.07) is 29.3. The summed E-state index contributed by atoms with van der Waals surface area (Å²) in [7, 11) is 0. The molecule has 6 rings (SSSR count). The van der Waals surface area contributed by atoms with Gasteiger partial charge in [-0.25, -0.2) is 8.78 Å². The number of fused-ring (bicyclic) bond motifs is 1. The monoisotopic (exact) mass is 604 g/mol. The summed E-state index contributed by atoms with van der Waals surface area (Å²) in [5, 5.41) is 1.33. The molecule has 0 saturated heterocycles. The van der Waals surface area contributed by atoms with Gasteiger partial charge in [-0.05, 0) is 128 Å². The van der Waals surface area contributed by atoms with Crippen molar-refractivity contribution in [2.45, 2.75) is 12.4 Å². The molecule has 0 heterocycles. The first-order valence-corrected chi connectivity index (χ1v) is 13.3. The van der Waals surface area contributed by atoms with E-state index in [2.05, 4.69) is 0 Å². The molecule has 0 aliphatic rings. The summed E-state index contributed by atoms with van der Waals surface area (Å²) >= 11 is 0. The molecular formula is C36H20F8. The van der Waals surface area contributed by atoms with Crippen molar-refractivity contribution in [2.75, 3.05) is 0 Å². The van der Waals surface area contributed by atoms with E-state index < -0.39 is 35.1 Å². The lowest BCUT2D eigenvalue weighted by atomic mass is 9.92. The third-order valence-corrected chi connectivity index (χ3v) is 7.38. The minimum atomic E-state index is -4.96. The number of hydrogen-bond acceptors (Lipinski definition) is 0. The van der Waals surface area contributed by atoms with Crippen LogP contribution in [-0.4, -0.2) is 0 Å². The van der Waals surface area contributed by atoms with Crippen LogP contribution in [0.3, 0.4) is 0 Å². The average molecular weight is 605 g/mol. The van der Waals surface area contributed by atoms with Crippen molar-refractivity contribution in [3.63, 3.8) is 0 Å². The molecule has 0 bridgehead atoms. The van der Waals surface area contributed by atoms with Crippen molar-refractivity contribution in [3.8, 4) is 44.5 Å². The van der Waals surface area contributed by atoms with Crippen LogP contribution < -0.4 is 0 Å². The lowest BCUT2D eigenvalue weighted by Gasteiger charge is -2.15. The minimum absolute atomic E-state index is 0.107. The summed E-state index contributed by atoms with van der Waals surface area (Å²) in [6.07, 6.45) is -9.92. The molecule has 0 aliphatic carbocycles. The standard InChI is InChI=1S/C36H20F8/c37-33-9-5-22(6-10-33)27-15-28(23-7-11-34(38)12-8-23)17-29(16-27)24-3-1-21-2-4-25(14-26(21)13-24)30-18-31(35(39,40)41)20-32(19-30)36(42,43)44/h1-20H. The second-order valence-corrected chi connectivity index (χ2v) is 10.4. The van der Waals surface area contributed by atoms with Gasteiger partial charge in [0, 0.05) is 0 Å². The number of halogens is 8. The third kappa shape index (κ3) is 6.06. The predicted octanol–water partition coefficient (Wildman–Crippen LogP) is 11.8. The fraction of sp³-hybridized carbons (Fsp3) is 0.0556. The molecule has 6 aromatic rings. The van der Waals surface area contributed by atoms with Crippen LogP contribution in [0.25, 0.3) is 55.3 Å². The Hall–Kier alpha value is -4.98.